The van der Waals surface area contributed by atoms with Crippen molar-refractivity contribution in [3.05, 3.63) is 69.9 Å². The van der Waals surface area contributed by atoms with Crippen LogP contribution in [0.5, 0.6) is 5.75 Å². The van der Waals surface area contributed by atoms with Crippen LogP contribution in [0.1, 0.15) is 34.7 Å². The van der Waals surface area contributed by atoms with Crippen LogP contribution in [0.15, 0.2) is 47.3 Å². The maximum Gasteiger partial charge on any atom is 0.359 e. The zero-order valence-corrected chi connectivity index (χ0v) is 16.8. The molecule has 156 valence electrons. The Bertz CT molecular complexity index is 1170. The molecule has 0 aliphatic carbocycles. The van der Waals surface area contributed by atoms with Crippen LogP contribution >= 0.6 is 0 Å². The van der Waals surface area contributed by atoms with Gasteiger partial charge in [-0.25, -0.2) is 13.9 Å². The molecule has 0 aliphatic heterocycles. The maximum atomic E-state index is 13.5. The van der Waals surface area contributed by atoms with E-state index in [0.29, 0.717) is 17.3 Å². The minimum atomic E-state index is -0.854. The van der Waals surface area contributed by atoms with E-state index in [1.165, 1.54) is 17.9 Å². The topological polar surface area (TPSA) is 87.5 Å². The van der Waals surface area contributed by atoms with Gasteiger partial charge in [0.2, 0.25) is 5.78 Å². The zero-order chi connectivity index (χ0) is 21.8. The number of ketones is 1. The first-order valence-corrected chi connectivity index (χ1v) is 9.35. The highest BCUT2D eigenvalue weighted by Crippen LogP contribution is 2.20. The quantitative estimate of drug-likeness (QED) is 0.437. The number of fused-ring (bicyclic) bond motifs is 1. The molecule has 2 aromatic carbocycles. The lowest BCUT2D eigenvalue weighted by Gasteiger charge is -2.12. The van der Waals surface area contributed by atoms with Gasteiger partial charge < -0.3 is 9.47 Å². The van der Waals surface area contributed by atoms with Gasteiger partial charge in [-0.2, -0.15) is 5.10 Å². The third kappa shape index (κ3) is 4.37. The molecular formula is C22H21FN2O5. The van der Waals surface area contributed by atoms with E-state index >= 15 is 0 Å². The Labute approximate surface area is 172 Å². The maximum absolute atomic E-state index is 13.5. The minimum absolute atomic E-state index is 0.0344. The average molecular weight is 412 g/mol. The van der Waals surface area contributed by atoms with Crippen molar-refractivity contribution in [3.8, 4) is 5.75 Å². The van der Waals surface area contributed by atoms with Crippen LogP contribution in [0, 0.1) is 11.7 Å². The molecule has 0 bridgehead atoms. The molecule has 0 N–H and O–H groups in total. The Morgan fingerprint density at radius 1 is 1.13 bits per heavy atom. The van der Waals surface area contributed by atoms with E-state index in [2.05, 4.69) is 5.10 Å². The van der Waals surface area contributed by atoms with Crippen molar-refractivity contribution in [2.24, 2.45) is 5.92 Å². The number of ether oxygens (including phenoxy) is 2. The van der Waals surface area contributed by atoms with Gasteiger partial charge in [-0.1, -0.05) is 32.0 Å². The highest BCUT2D eigenvalue weighted by atomic mass is 19.1. The summed E-state index contributed by atoms with van der Waals surface area (Å²) in [6, 6.07) is 10.1. The molecule has 0 aliphatic rings. The van der Waals surface area contributed by atoms with Crippen molar-refractivity contribution in [2.75, 3.05) is 13.7 Å². The summed E-state index contributed by atoms with van der Waals surface area (Å²) in [6.07, 6.45) is 0. The van der Waals surface area contributed by atoms with E-state index in [4.69, 9.17) is 9.47 Å². The van der Waals surface area contributed by atoms with Crippen LogP contribution in [0.4, 0.5) is 4.39 Å². The predicted octanol–water partition coefficient (Wildman–Crippen LogP) is 3.24. The summed E-state index contributed by atoms with van der Waals surface area (Å²) in [5, 5.41) is 4.84. The summed E-state index contributed by atoms with van der Waals surface area (Å²) in [7, 11) is 1.35. The van der Waals surface area contributed by atoms with Crippen LogP contribution in [0.25, 0.3) is 10.8 Å². The normalized spacial score (nSPS) is 11.0. The first-order chi connectivity index (χ1) is 14.3. The van der Waals surface area contributed by atoms with Crippen LogP contribution in [-0.4, -0.2) is 35.2 Å². The molecule has 3 aromatic rings. The lowest BCUT2D eigenvalue weighted by atomic mass is 10.1. The van der Waals surface area contributed by atoms with Crippen LogP contribution < -0.4 is 10.3 Å². The highest BCUT2D eigenvalue weighted by molar-refractivity contribution is 6.04. The van der Waals surface area contributed by atoms with Crippen LogP contribution in [0.2, 0.25) is 0 Å². The second-order valence-electron chi connectivity index (χ2n) is 7.12. The molecule has 1 heterocycles. The van der Waals surface area contributed by atoms with Crippen molar-refractivity contribution in [3.63, 3.8) is 0 Å². The average Bonchev–Trinajstić information content (AvgIpc) is 2.73. The largest absolute Gasteiger partial charge is 0.496 e. The second-order valence-corrected chi connectivity index (χ2v) is 7.12. The molecule has 0 radical (unpaired) electrons. The highest BCUT2D eigenvalue weighted by Gasteiger charge is 2.21. The SMILES string of the molecule is COc1ccc(F)cc1C(=O)COC(=O)c1nn(CC(C)C)c(=O)c2ccccc12. The van der Waals surface area contributed by atoms with Gasteiger partial charge in [-0.05, 0) is 30.2 Å². The van der Waals surface area contributed by atoms with E-state index in [0.717, 1.165) is 12.1 Å². The number of Topliss-reactive ketones (excluding diaryl/α,β-unsaturated/α-hetero) is 1. The smallest absolute Gasteiger partial charge is 0.359 e. The first kappa shape index (κ1) is 21.2. The van der Waals surface area contributed by atoms with Crippen molar-refractivity contribution in [1.29, 1.82) is 0 Å². The molecule has 0 amide bonds. The fourth-order valence-corrected chi connectivity index (χ4v) is 3.03. The van der Waals surface area contributed by atoms with Crippen molar-refractivity contribution >= 4 is 22.5 Å². The van der Waals surface area contributed by atoms with E-state index in [-0.39, 0.29) is 28.5 Å². The number of carbonyl (C=O) groups excluding carboxylic acids is 2. The summed E-state index contributed by atoms with van der Waals surface area (Å²) in [6.45, 7) is 3.54. The van der Waals surface area contributed by atoms with E-state index in [9.17, 15) is 18.8 Å². The predicted molar refractivity (Wildman–Crippen MR) is 108 cm³/mol. The summed E-state index contributed by atoms with van der Waals surface area (Å²) >= 11 is 0. The van der Waals surface area contributed by atoms with Gasteiger partial charge in [0.15, 0.2) is 12.3 Å². The number of benzene rings is 2. The molecule has 0 atom stereocenters. The van der Waals surface area contributed by atoms with Gasteiger partial charge >= 0.3 is 5.97 Å². The molecule has 1 aromatic heterocycles. The molecule has 3 rings (SSSR count). The second kappa shape index (κ2) is 8.86. The summed E-state index contributed by atoms with van der Waals surface area (Å²) < 4.78 is 24.9. The van der Waals surface area contributed by atoms with Gasteiger partial charge in [0.05, 0.1) is 18.1 Å². The Morgan fingerprint density at radius 2 is 1.83 bits per heavy atom. The minimum Gasteiger partial charge on any atom is -0.496 e. The van der Waals surface area contributed by atoms with Crippen molar-refractivity contribution < 1.29 is 23.5 Å². The monoisotopic (exact) mass is 412 g/mol. The molecular weight excluding hydrogens is 391 g/mol. The summed E-state index contributed by atoms with van der Waals surface area (Å²) in [4.78, 5) is 37.8. The number of nitrogens with zero attached hydrogens (tertiary/aromatic N) is 2. The lowest BCUT2D eigenvalue weighted by molar-refractivity contribution is 0.0467. The number of rotatable bonds is 7. The fraction of sp³-hybridized carbons (Fsp3) is 0.273. The number of esters is 1. The summed E-state index contributed by atoms with van der Waals surface area (Å²) in [5.41, 5.74) is -0.408. The lowest BCUT2D eigenvalue weighted by Crippen LogP contribution is -2.28. The van der Waals surface area contributed by atoms with E-state index < -0.39 is 24.2 Å². The molecule has 0 spiro atoms. The van der Waals surface area contributed by atoms with Gasteiger partial charge in [-0.15, -0.1) is 0 Å². The van der Waals surface area contributed by atoms with Crippen LogP contribution in [0.3, 0.4) is 0 Å². The van der Waals surface area contributed by atoms with E-state index in [1.54, 1.807) is 24.3 Å². The third-order valence-electron chi connectivity index (χ3n) is 4.40. The molecule has 8 heteroatoms. The molecule has 0 saturated carbocycles. The first-order valence-electron chi connectivity index (χ1n) is 9.35. The molecule has 30 heavy (non-hydrogen) atoms. The van der Waals surface area contributed by atoms with Gasteiger partial charge in [0.1, 0.15) is 11.6 Å². The molecule has 0 saturated heterocycles. The Balaban J connectivity index is 1.90. The fourth-order valence-electron chi connectivity index (χ4n) is 3.03. The molecule has 0 unspecified atom stereocenters. The zero-order valence-electron chi connectivity index (χ0n) is 16.8. The van der Waals surface area contributed by atoms with Crippen LogP contribution in [-0.2, 0) is 11.3 Å². The Kier molecular flexibility index (Phi) is 6.25. The molecule has 7 nitrogen and oxygen atoms in total. The molecule has 0 fully saturated rings. The van der Waals surface area contributed by atoms with Gasteiger partial charge in [-0.3, -0.25) is 9.59 Å². The number of halogens is 1. The Hall–Kier alpha value is -3.55. The van der Waals surface area contributed by atoms with Gasteiger partial charge in [0.25, 0.3) is 5.56 Å². The number of hydrogen-bond donors (Lipinski definition) is 0. The standard InChI is InChI=1S/C22H21FN2O5/c1-13(2)11-25-21(27)16-7-5-4-6-15(16)20(24-25)22(28)30-12-18(26)17-10-14(23)8-9-19(17)29-3/h4-10,13H,11-12H2,1-3H3. The third-order valence-corrected chi connectivity index (χ3v) is 4.40. The number of hydrogen-bond acceptors (Lipinski definition) is 6. The van der Waals surface area contributed by atoms with E-state index in [1.807, 2.05) is 13.8 Å². The summed E-state index contributed by atoms with van der Waals surface area (Å²) in [5.74, 6) is -1.79. The Morgan fingerprint density at radius 3 is 2.50 bits per heavy atom. The number of methoxy groups -OCH3 is 1. The van der Waals surface area contributed by atoms with Gasteiger partial charge in [0, 0.05) is 11.9 Å². The number of aromatic nitrogens is 2. The van der Waals surface area contributed by atoms with Crippen molar-refractivity contribution in [1.82, 2.24) is 9.78 Å². The van der Waals surface area contributed by atoms with Crippen molar-refractivity contribution in [2.45, 2.75) is 20.4 Å². The number of carbonyl (C=O) groups is 2.